The molecule has 6 nitrogen and oxygen atoms in total. The molecule has 37 heavy (non-hydrogen) atoms. The van der Waals surface area contributed by atoms with Gasteiger partial charge in [-0.25, -0.2) is 4.39 Å². The number of hydrogen-bond donors (Lipinski definition) is 3. The van der Waals surface area contributed by atoms with Crippen LogP contribution in [0, 0.1) is 34.9 Å². The molecule has 7 heteroatoms. The van der Waals surface area contributed by atoms with Crippen molar-refractivity contribution in [2.45, 2.75) is 69.2 Å². The van der Waals surface area contributed by atoms with Crippen LogP contribution in [-0.4, -0.2) is 29.4 Å². The number of rotatable bonds is 7. The maximum atomic E-state index is 13.5. The zero-order chi connectivity index (χ0) is 25.6. The van der Waals surface area contributed by atoms with Crippen molar-refractivity contribution >= 4 is 17.5 Å². The van der Waals surface area contributed by atoms with Crippen LogP contribution in [0.2, 0.25) is 0 Å². The van der Waals surface area contributed by atoms with E-state index < -0.39 is 6.04 Å². The van der Waals surface area contributed by atoms with Crippen LogP contribution in [0.4, 0.5) is 10.1 Å². The molecule has 1 aromatic heterocycles. The molecule has 3 unspecified atom stereocenters. The molecule has 0 aliphatic heterocycles. The molecule has 7 rings (SSSR count). The van der Waals surface area contributed by atoms with Gasteiger partial charge in [-0.05, 0) is 98.4 Å². The van der Waals surface area contributed by atoms with Crippen molar-refractivity contribution in [1.29, 1.82) is 0 Å². The van der Waals surface area contributed by atoms with Gasteiger partial charge in [-0.1, -0.05) is 25.0 Å². The van der Waals surface area contributed by atoms with Gasteiger partial charge >= 0.3 is 0 Å². The molecule has 2 amide bonds. The molecule has 0 saturated heterocycles. The second-order valence-corrected chi connectivity index (χ2v) is 12.3. The van der Waals surface area contributed by atoms with E-state index in [1.165, 1.54) is 12.1 Å². The van der Waals surface area contributed by atoms with Crippen LogP contribution in [0.15, 0.2) is 48.8 Å². The standard InChI is InChI=1S/C30H37FN4O2/c31-23-5-3-22(4-6-23)29(9-1-2-10-29)18-34-27(36)26(32)25-20-13-19-14-21(25)17-30(15-19,16-20)28(37)35-24-7-11-33-12-8-24/h3-8,11-12,19-21,25-26H,1-2,9-10,13-18,32H2,(H,34,36)(H,33,35,37). The minimum absolute atomic E-state index is 0.0823. The lowest BCUT2D eigenvalue weighted by atomic mass is 9.45. The highest BCUT2D eigenvalue weighted by atomic mass is 19.1. The lowest BCUT2D eigenvalue weighted by Gasteiger charge is -2.60. The van der Waals surface area contributed by atoms with Crippen LogP contribution in [0.5, 0.6) is 0 Å². The van der Waals surface area contributed by atoms with Crippen molar-refractivity contribution < 1.29 is 14.0 Å². The third-order valence-corrected chi connectivity index (χ3v) is 10.1. The van der Waals surface area contributed by atoms with Gasteiger partial charge in [0.25, 0.3) is 0 Å². The maximum Gasteiger partial charge on any atom is 0.237 e. The topological polar surface area (TPSA) is 97.1 Å². The Kier molecular flexibility index (Phi) is 6.30. The Balaban J connectivity index is 1.13. The number of carbonyl (C=O) groups excluding carboxylic acids is 2. The second-order valence-electron chi connectivity index (χ2n) is 12.3. The second kappa shape index (κ2) is 9.50. The average Bonchev–Trinajstić information content (AvgIpc) is 3.38. The Hall–Kier alpha value is -2.80. The average molecular weight is 505 g/mol. The normalized spacial score (nSPS) is 32.2. The van der Waals surface area contributed by atoms with E-state index in [1.807, 2.05) is 24.3 Å². The maximum absolute atomic E-state index is 13.5. The minimum atomic E-state index is -0.568. The number of nitrogens with two attached hydrogens (primary N) is 1. The first-order chi connectivity index (χ1) is 17.9. The molecule has 0 spiro atoms. The van der Waals surface area contributed by atoms with Gasteiger partial charge in [0.1, 0.15) is 5.82 Å². The smallest absolute Gasteiger partial charge is 0.237 e. The van der Waals surface area contributed by atoms with Gasteiger partial charge in [-0.15, -0.1) is 0 Å². The van der Waals surface area contributed by atoms with Crippen LogP contribution in [-0.2, 0) is 15.0 Å². The largest absolute Gasteiger partial charge is 0.354 e. The van der Waals surface area contributed by atoms with Crippen molar-refractivity contribution in [3.05, 3.63) is 60.2 Å². The van der Waals surface area contributed by atoms with Crippen LogP contribution in [0.3, 0.4) is 0 Å². The predicted molar refractivity (Wildman–Crippen MR) is 140 cm³/mol. The Labute approximate surface area is 218 Å². The lowest BCUT2D eigenvalue weighted by molar-refractivity contribution is -0.151. The van der Waals surface area contributed by atoms with Gasteiger partial charge in [0.2, 0.25) is 11.8 Å². The zero-order valence-corrected chi connectivity index (χ0v) is 21.3. The summed E-state index contributed by atoms with van der Waals surface area (Å²) in [5.74, 6) is 1.03. The fourth-order valence-electron chi connectivity index (χ4n) is 8.60. The molecule has 0 radical (unpaired) electrons. The van der Waals surface area contributed by atoms with Crippen molar-refractivity contribution in [2.75, 3.05) is 11.9 Å². The first-order valence-corrected chi connectivity index (χ1v) is 13.9. The van der Waals surface area contributed by atoms with Gasteiger partial charge < -0.3 is 16.4 Å². The van der Waals surface area contributed by atoms with Crippen LogP contribution >= 0.6 is 0 Å². The van der Waals surface area contributed by atoms with Crippen LogP contribution in [0.1, 0.15) is 63.4 Å². The molecular weight excluding hydrogens is 467 g/mol. The first-order valence-electron chi connectivity index (χ1n) is 13.9. The van der Waals surface area contributed by atoms with Gasteiger partial charge in [0, 0.05) is 30.0 Å². The van der Waals surface area contributed by atoms with E-state index in [0.29, 0.717) is 24.3 Å². The SMILES string of the molecule is NC(C(=O)NCC1(c2ccc(F)cc2)CCCC1)C1C2CC3CC1CC(C(=O)Nc1ccncc1)(C3)C2. The van der Waals surface area contributed by atoms with E-state index in [9.17, 15) is 14.0 Å². The van der Waals surface area contributed by atoms with E-state index in [-0.39, 0.29) is 34.4 Å². The highest BCUT2D eigenvalue weighted by Crippen LogP contribution is 2.63. The first kappa shape index (κ1) is 24.5. The molecule has 3 atom stereocenters. The summed E-state index contributed by atoms with van der Waals surface area (Å²) in [5.41, 5.74) is 8.07. The number of nitrogens with zero attached hydrogens (tertiary/aromatic N) is 1. The van der Waals surface area contributed by atoms with Gasteiger partial charge in [0.15, 0.2) is 0 Å². The number of anilines is 1. The third kappa shape index (κ3) is 4.45. The van der Waals surface area contributed by atoms with Crippen molar-refractivity contribution in [2.24, 2.45) is 34.8 Å². The molecule has 5 fully saturated rings. The molecule has 5 aliphatic rings. The molecule has 5 aliphatic carbocycles. The van der Waals surface area contributed by atoms with Crippen LogP contribution < -0.4 is 16.4 Å². The summed E-state index contributed by atoms with van der Waals surface area (Å²) >= 11 is 0. The molecule has 1 aromatic carbocycles. The Morgan fingerprint density at radius 2 is 1.65 bits per heavy atom. The van der Waals surface area contributed by atoms with Crippen molar-refractivity contribution in [3.63, 3.8) is 0 Å². The summed E-state index contributed by atoms with van der Waals surface area (Å²) in [6.45, 7) is 0.536. The molecule has 2 aromatic rings. The number of benzene rings is 1. The van der Waals surface area contributed by atoms with E-state index in [0.717, 1.165) is 69.0 Å². The molecule has 1 heterocycles. The fraction of sp³-hybridized carbons (Fsp3) is 0.567. The fourth-order valence-corrected chi connectivity index (χ4v) is 8.60. The number of nitrogens with one attached hydrogen (secondary N) is 2. The molecule has 196 valence electrons. The molecule has 4 bridgehead atoms. The van der Waals surface area contributed by atoms with Gasteiger partial charge in [0.05, 0.1) is 11.5 Å². The highest BCUT2D eigenvalue weighted by Gasteiger charge is 2.60. The summed E-state index contributed by atoms with van der Waals surface area (Å²) in [6.07, 6.45) is 12.2. The molecular formula is C30H37FN4O2. The number of halogens is 1. The monoisotopic (exact) mass is 504 g/mol. The summed E-state index contributed by atoms with van der Waals surface area (Å²) < 4.78 is 13.5. The van der Waals surface area contributed by atoms with Gasteiger partial charge in [-0.2, -0.15) is 0 Å². The van der Waals surface area contributed by atoms with E-state index in [1.54, 1.807) is 12.4 Å². The number of amides is 2. The van der Waals surface area contributed by atoms with E-state index in [2.05, 4.69) is 15.6 Å². The number of pyridine rings is 1. The predicted octanol–water partition coefficient (Wildman–Crippen LogP) is 4.56. The summed E-state index contributed by atoms with van der Waals surface area (Å²) in [6, 6.07) is 9.83. The Morgan fingerprint density at radius 3 is 2.30 bits per heavy atom. The summed E-state index contributed by atoms with van der Waals surface area (Å²) in [7, 11) is 0. The van der Waals surface area contributed by atoms with Crippen molar-refractivity contribution in [1.82, 2.24) is 10.3 Å². The Morgan fingerprint density at radius 1 is 1.00 bits per heavy atom. The number of aromatic nitrogens is 1. The molecule has 4 N–H and O–H groups in total. The quantitative estimate of drug-likeness (QED) is 0.515. The van der Waals surface area contributed by atoms with Crippen molar-refractivity contribution in [3.8, 4) is 0 Å². The Bertz CT molecular complexity index is 1130. The van der Waals surface area contributed by atoms with Crippen LogP contribution in [0.25, 0.3) is 0 Å². The lowest BCUT2D eigenvalue weighted by Crippen LogP contribution is -2.61. The third-order valence-electron chi connectivity index (χ3n) is 10.1. The minimum Gasteiger partial charge on any atom is -0.354 e. The number of carbonyl (C=O) groups is 2. The summed E-state index contributed by atoms with van der Waals surface area (Å²) in [5, 5.41) is 6.34. The van der Waals surface area contributed by atoms with E-state index in [4.69, 9.17) is 5.73 Å². The summed E-state index contributed by atoms with van der Waals surface area (Å²) in [4.78, 5) is 30.9. The molecule has 5 saturated carbocycles. The zero-order valence-electron chi connectivity index (χ0n) is 21.3. The van der Waals surface area contributed by atoms with Gasteiger partial charge in [-0.3, -0.25) is 14.6 Å². The van der Waals surface area contributed by atoms with E-state index >= 15 is 0 Å². The highest BCUT2D eigenvalue weighted by molar-refractivity contribution is 5.95. The number of hydrogen-bond acceptors (Lipinski definition) is 4.